The summed E-state index contributed by atoms with van der Waals surface area (Å²) in [4.78, 5) is 25.6. The van der Waals surface area contributed by atoms with E-state index in [0.717, 1.165) is 17.7 Å². The number of fused-ring (bicyclic) bond motifs is 1. The molecule has 0 bridgehead atoms. The van der Waals surface area contributed by atoms with Crippen molar-refractivity contribution in [2.75, 3.05) is 18.1 Å². The molecule has 1 aromatic rings. The van der Waals surface area contributed by atoms with Crippen LogP contribution in [0.1, 0.15) is 25.8 Å². The smallest absolute Gasteiger partial charge is 0.331 e. The maximum absolute atomic E-state index is 12.3. The molecule has 0 fully saturated rings. The summed E-state index contributed by atoms with van der Waals surface area (Å²) in [6.45, 7) is 4.71. The van der Waals surface area contributed by atoms with Crippen LogP contribution in [0.25, 0.3) is 5.57 Å². The van der Waals surface area contributed by atoms with Crippen molar-refractivity contribution in [2.24, 2.45) is 0 Å². The molecule has 0 unspecified atom stereocenters. The summed E-state index contributed by atoms with van der Waals surface area (Å²) in [5, 5.41) is 0. The van der Waals surface area contributed by atoms with E-state index < -0.39 is 5.97 Å². The first-order chi connectivity index (χ1) is 9.19. The summed E-state index contributed by atoms with van der Waals surface area (Å²) < 4.78 is 4.88. The van der Waals surface area contributed by atoms with E-state index in [-0.39, 0.29) is 5.91 Å². The number of nitrogens with zero attached hydrogens (tertiary/aromatic N) is 1. The predicted octanol–water partition coefficient (Wildman–Crippen LogP) is 2.39. The zero-order chi connectivity index (χ0) is 13.8. The molecule has 0 saturated heterocycles. The van der Waals surface area contributed by atoms with Crippen LogP contribution in [0.4, 0.5) is 5.69 Å². The average Bonchev–Trinajstić information content (AvgIpc) is 2.66. The molecule has 1 amide bonds. The Hall–Kier alpha value is -2.10. The molecule has 0 saturated carbocycles. The monoisotopic (exact) mass is 259 g/mol. The normalized spacial score (nSPS) is 15.8. The van der Waals surface area contributed by atoms with Gasteiger partial charge in [0.25, 0.3) is 5.91 Å². The summed E-state index contributed by atoms with van der Waals surface area (Å²) in [5.74, 6) is -0.602. The zero-order valence-electron chi connectivity index (χ0n) is 11.2. The van der Waals surface area contributed by atoms with Gasteiger partial charge in [-0.05, 0) is 19.4 Å². The van der Waals surface area contributed by atoms with Crippen molar-refractivity contribution in [3.05, 3.63) is 35.9 Å². The number of benzene rings is 1. The third-order valence-electron chi connectivity index (χ3n) is 2.96. The van der Waals surface area contributed by atoms with Crippen molar-refractivity contribution in [1.29, 1.82) is 0 Å². The van der Waals surface area contributed by atoms with Gasteiger partial charge in [-0.25, -0.2) is 4.79 Å². The number of carbonyl (C=O) groups excluding carboxylic acids is 2. The first-order valence-electron chi connectivity index (χ1n) is 6.48. The lowest BCUT2D eigenvalue weighted by Gasteiger charge is -2.15. The van der Waals surface area contributed by atoms with Gasteiger partial charge in [-0.1, -0.05) is 25.1 Å². The first-order valence-corrected chi connectivity index (χ1v) is 6.48. The molecule has 2 rings (SSSR count). The fourth-order valence-electron chi connectivity index (χ4n) is 2.19. The first kappa shape index (κ1) is 13.3. The van der Waals surface area contributed by atoms with Gasteiger partial charge >= 0.3 is 5.97 Å². The molecule has 0 atom stereocenters. The minimum Gasteiger partial charge on any atom is -0.463 e. The van der Waals surface area contributed by atoms with Gasteiger partial charge < -0.3 is 9.64 Å². The second kappa shape index (κ2) is 5.69. The number of hydrogen-bond acceptors (Lipinski definition) is 3. The number of hydrogen-bond donors (Lipinski definition) is 0. The van der Waals surface area contributed by atoms with Crippen molar-refractivity contribution in [2.45, 2.75) is 20.3 Å². The number of para-hydroxylation sites is 1. The Bertz CT molecular complexity index is 534. The van der Waals surface area contributed by atoms with Crippen LogP contribution >= 0.6 is 0 Å². The molecular formula is C15H17NO3. The molecule has 1 heterocycles. The van der Waals surface area contributed by atoms with E-state index >= 15 is 0 Å². The van der Waals surface area contributed by atoms with E-state index in [0.29, 0.717) is 18.7 Å². The Kier molecular flexibility index (Phi) is 4.00. The van der Waals surface area contributed by atoms with E-state index in [1.807, 2.05) is 31.2 Å². The number of anilines is 1. The molecule has 1 aliphatic rings. The quantitative estimate of drug-likeness (QED) is 0.616. The minimum absolute atomic E-state index is 0.129. The highest BCUT2D eigenvalue weighted by Crippen LogP contribution is 2.36. The van der Waals surface area contributed by atoms with Crippen LogP contribution in [-0.4, -0.2) is 25.0 Å². The lowest BCUT2D eigenvalue weighted by atomic mass is 10.1. The van der Waals surface area contributed by atoms with E-state index in [9.17, 15) is 9.59 Å². The van der Waals surface area contributed by atoms with E-state index in [1.54, 1.807) is 11.8 Å². The van der Waals surface area contributed by atoms with Crippen molar-refractivity contribution in [3.63, 3.8) is 0 Å². The molecule has 0 spiro atoms. The lowest BCUT2D eigenvalue weighted by Crippen LogP contribution is -2.27. The van der Waals surface area contributed by atoms with Gasteiger partial charge in [0, 0.05) is 18.2 Å². The zero-order valence-corrected chi connectivity index (χ0v) is 11.2. The van der Waals surface area contributed by atoms with Crippen LogP contribution < -0.4 is 4.90 Å². The van der Waals surface area contributed by atoms with Crippen LogP contribution in [0.2, 0.25) is 0 Å². The van der Waals surface area contributed by atoms with Gasteiger partial charge in [0.05, 0.1) is 17.9 Å². The number of ether oxygens (including phenoxy) is 1. The number of amides is 1. The number of esters is 1. The molecule has 19 heavy (non-hydrogen) atoms. The van der Waals surface area contributed by atoms with Gasteiger partial charge in [-0.3, -0.25) is 4.79 Å². The molecule has 4 heteroatoms. The second-order valence-electron chi connectivity index (χ2n) is 4.28. The highest BCUT2D eigenvalue weighted by Gasteiger charge is 2.31. The molecule has 0 radical (unpaired) electrons. The van der Waals surface area contributed by atoms with Crippen molar-refractivity contribution < 1.29 is 14.3 Å². The average molecular weight is 259 g/mol. The highest BCUT2D eigenvalue weighted by atomic mass is 16.5. The lowest BCUT2D eigenvalue weighted by molar-refractivity contribution is -0.137. The number of carbonyl (C=O) groups is 2. The fourth-order valence-corrected chi connectivity index (χ4v) is 2.19. The molecule has 100 valence electrons. The summed E-state index contributed by atoms with van der Waals surface area (Å²) in [6, 6.07) is 7.51. The Balaban J connectivity index is 2.41. The SMILES string of the molecule is CCCN1C(=O)/C(=C/C(=O)OCC)c2ccccc21. The van der Waals surface area contributed by atoms with E-state index in [1.165, 1.54) is 6.08 Å². The predicted molar refractivity (Wildman–Crippen MR) is 73.7 cm³/mol. The Morgan fingerprint density at radius 3 is 2.74 bits per heavy atom. The molecule has 0 aromatic heterocycles. The van der Waals surface area contributed by atoms with E-state index in [4.69, 9.17) is 4.74 Å². The molecule has 0 aliphatic carbocycles. The van der Waals surface area contributed by atoms with Gasteiger partial charge in [-0.2, -0.15) is 0 Å². The van der Waals surface area contributed by atoms with Gasteiger partial charge in [0.15, 0.2) is 0 Å². The molecule has 1 aromatic carbocycles. The van der Waals surface area contributed by atoms with Crippen LogP contribution in [0.3, 0.4) is 0 Å². The summed E-state index contributed by atoms with van der Waals surface area (Å²) in [5.41, 5.74) is 2.08. The fraction of sp³-hybridized carbons (Fsp3) is 0.333. The minimum atomic E-state index is -0.473. The third kappa shape index (κ3) is 2.52. The summed E-state index contributed by atoms with van der Waals surface area (Å²) in [6.07, 6.45) is 2.16. The van der Waals surface area contributed by atoms with Crippen molar-refractivity contribution in [3.8, 4) is 0 Å². The molecule has 1 aliphatic heterocycles. The van der Waals surface area contributed by atoms with Crippen LogP contribution in [0.5, 0.6) is 0 Å². The summed E-state index contributed by atoms with van der Waals surface area (Å²) in [7, 11) is 0. The maximum atomic E-state index is 12.3. The molecular weight excluding hydrogens is 242 g/mol. The Morgan fingerprint density at radius 2 is 2.05 bits per heavy atom. The molecule has 4 nitrogen and oxygen atoms in total. The summed E-state index contributed by atoms with van der Waals surface area (Å²) >= 11 is 0. The van der Waals surface area contributed by atoms with E-state index in [2.05, 4.69) is 0 Å². The highest BCUT2D eigenvalue weighted by molar-refractivity contribution is 6.34. The van der Waals surface area contributed by atoms with Crippen molar-refractivity contribution >= 4 is 23.1 Å². The van der Waals surface area contributed by atoms with Gasteiger partial charge in [0.2, 0.25) is 0 Å². The Labute approximate surface area is 112 Å². The van der Waals surface area contributed by atoms with Crippen LogP contribution in [0, 0.1) is 0 Å². The molecule has 0 N–H and O–H groups in total. The Morgan fingerprint density at radius 1 is 1.32 bits per heavy atom. The van der Waals surface area contributed by atoms with Crippen LogP contribution in [-0.2, 0) is 14.3 Å². The standard InChI is InChI=1S/C15H17NO3/c1-3-9-16-13-8-6-5-7-11(13)12(15(16)18)10-14(17)19-4-2/h5-8,10H,3-4,9H2,1-2H3/b12-10+. The second-order valence-corrected chi connectivity index (χ2v) is 4.28. The van der Waals surface area contributed by atoms with Gasteiger partial charge in [0.1, 0.15) is 0 Å². The van der Waals surface area contributed by atoms with Gasteiger partial charge in [-0.15, -0.1) is 0 Å². The topological polar surface area (TPSA) is 46.6 Å². The maximum Gasteiger partial charge on any atom is 0.331 e. The number of rotatable bonds is 4. The van der Waals surface area contributed by atoms with Crippen LogP contribution in [0.15, 0.2) is 30.3 Å². The van der Waals surface area contributed by atoms with Crippen molar-refractivity contribution in [1.82, 2.24) is 0 Å². The largest absolute Gasteiger partial charge is 0.463 e. The third-order valence-corrected chi connectivity index (χ3v) is 2.96.